The zero-order valence-corrected chi connectivity index (χ0v) is 12.8. The van der Waals surface area contributed by atoms with Crippen molar-refractivity contribution in [3.05, 3.63) is 58.4 Å². The molecule has 1 atom stereocenters. The molecule has 0 bridgehead atoms. The van der Waals surface area contributed by atoms with Crippen molar-refractivity contribution in [1.82, 2.24) is 5.32 Å². The topological polar surface area (TPSA) is 94.4 Å². The van der Waals surface area contributed by atoms with E-state index in [0.717, 1.165) is 0 Å². The van der Waals surface area contributed by atoms with Gasteiger partial charge in [-0.1, -0.05) is 30.3 Å². The van der Waals surface area contributed by atoms with Crippen LogP contribution in [0.15, 0.2) is 52.8 Å². The standard InChI is InChI=1S/C15H14N2O4S/c1-20-13(18)12-11(22-2)8-15(17-9-16,21-14(12)19)10-6-4-3-5-7-10/h3-8,17-18H,1-2H3/p-1/b13-12-. The molecule has 1 N–H and O–H groups in total. The number of carbonyl (C=O) groups excluding carboxylic acids is 1. The zero-order valence-electron chi connectivity index (χ0n) is 12.0. The quantitative estimate of drug-likeness (QED) is 0.290. The van der Waals surface area contributed by atoms with Crippen LogP contribution >= 0.6 is 11.8 Å². The van der Waals surface area contributed by atoms with Crippen molar-refractivity contribution in [2.24, 2.45) is 0 Å². The molecule has 1 aliphatic rings. The third-order valence-electron chi connectivity index (χ3n) is 3.09. The van der Waals surface area contributed by atoms with Crippen LogP contribution in [0.5, 0.6) is 0 Å². The Morgan fingerprint density at radius 2 is 2.14 bits per heavy atom. The number of hydrogen-bond donors (Lipinski definition) is 1. The van der Waals surface area contributed by atoms with E-state index in [2.05, 4.69) is 10.1 Å². The fraction of sp³-hybridized carbons (Fsp3) is 0.200. The Kier molecular flexibility index (Phi) is 4.63. The number of thioether (sulfide) groups is 1. The second kappa shape index (κ2) is 6.45. The van der Waals surface area contributed by atoms with Crippen LogP contribution in [0.1, 0.15) is 5.56 Å². The molecule has 0 amide bonds. The second-order valence-corrected chi connectivity index (χ2v) is 5.16. The summed E-state index contributed by atoms with van der Waals surface area (Å²) in [6, 6.07) is 8.76. The largest absolute Gasteiger partial charge is 0.616 e. The van der Waals surface area contributed by atoms with Crippen LogP contribution in [0.3, 0.4) is 0 Å². The first-order valence-electron chi connectivity index (χ1n) is 6.25. The van der Waals surface area contributed by atoms with Gasteiger partial charge in [-0.25, -0.2) is 4.79 Å². The number of nitrogens with one attached hydrogen (secondary N) is 1. The lowest BCUT2D eigenvalue weighted by Gasteiger charge is -2.35. The first kappa shape index (κ1) is 15.8. The van der Waals surface area contributed by atoms with Gasteiger partial charge < -0.3 is 14.6 Å². The maximum absolute atomic E-state index is 12.3. The number of cyclic esters (lactones) is 1. The van der Waals surface area contributed by atoms with E-state index in [4.69, 9.17) is 10.00 Å². The van der Waals surface area contributed by atoms with Gasteiger partial charge in [-0.05, 0) is 13.4 Å². The van der Waals surface area contributed by atoms with E-state index in [0.29, 0.717) is 10.5 Å². The number of nitriles is 1. The number of hydrogen-bond acceptors (Lipinski definition) is 7. The monoisotopic (exact) mass is 317 g/mol. The minimum Gasteiger partial charge on any atom is -0.616 e. The predicted octanol–water partition coefficient (Wildman–Crippen LogP) is 0.932. The molecule has 0 spiro atoms. The molecule has 0 saturated heterocycles. The Labute approximate surface area is 132 Å². The molecule has 1 aromatic carbocycles. The van der Waals surface area contributed by atoms with E-state index < -0.39 is 17.6 Å². The van der Waals surface area contributed by atoms with E-state index >= 15 is 0 Å². The van der Waals surface area contributed by atoms with Gasteiger partial charge in [0.25, 0.3) is 0 Å². The van der Waals surface area contributed by atoms with Crippen LogP contribution in [0.2, 0.25) is 0 Å². The number of benzene rings is 1. The highest BCUT2D eigenvalue weighted by molar-refractivity contribution is 8.02. The van der Waals surface area contributed by atoms with Crippen molar-refractivity contribution in [2.75, 3.05) is 13.4 Å². The molecular weight excluding hydrogens is 304 g/mol. The maximum atomic E-state index is 12.3. The number of methoxy groups -OCH3 is 1. The van der Waals surface area contributed by atoms with Gasteiger partial charge in [0, 0.05) is 16.5 Å². The van der Waals surface area contributed by atoms with Crippen LogP contribution in [0.4, 0.5) is 0 Å². The highest BCUT2D eigenvalue weighted by Crippen LogP contribution is 2.38. The van der Waals surface area contributed by atoms with Gasteiger partial charge >= 0.3 is 5.97 Å². The first-order chi connectivity index (χ1) is 10.6. The Hall–Kier alpha value is -2.59. The van der Waals surface area contributed by atoms with Gasteiger partial charge in [0.2, 0.25) is 5.72 Å². The third-order valence-corrected chi connectivity index (χ3v) is 3.85. The lowest BCUT2D eigenvalue weighted by molar-refractivity contribution is -0.354. The molecule has 1 aliphatic heterocycles. The van der Waals surface area contributed by atoms with Crippen LogP contribution in [0.25, 0.3) is 0 Å². The molecule has 2 rings (SSSR count). The molecule has 1 heterocycles. The van der Waals surface area contributed by atoms with E-state index in [1.807, 2.05) is 0 Å². The van der Waals surface area contributed by atoms with Gasteiger partial charge in [0.15, 0.2) is 6.19 Å². The van der Waals surface area contributed by atoms with Crippen LogP contribution in [-0.2, 0) is 20.0 Å². The summed E-state index contributed by atoms with van der Waals surface area (Å²) in [4.78, 5) is 12.6. The van der Waals surface area contributed by atoms with Crippen molar-refractivity contribution < 1.29 is 19.4 Å². The van der Waals surface area contributed by atoms with Crippen molar-refractivity contribution in [2.45, 2.75) is 5.72 Å². The fourth-order valence-corrected chi connectivity index (χ4v) is 2.73. The van der Waals surface area contributed by atoms with Gasteiger partial charge in [-0.3, -0.25) is 5.32 Å². The Morgan fingerprint density at radius 1 is 1.45 bits per heavy atom. The number of carbonyl (C=O) groups is 1. The highest BCUT2D eigenvalue weighted by Gasteiger charge is 2.41. The minimum absolute atomic E-state index is 0.179. The van der Waals surface area contributed by atoms with E-state index in [1.165, 1.54) is 24.9 Å². The summed E-state index contributed by atoms with van der Waals surface area (Å²) >= 11 is 1.20. The summed E-state index contributed by atoms with van der Waals surface area (Å²) < 4.78 is 9.98. The summed E-state index contributed by atoms with van der Waals surface area (Å²) in [5.41, 5.74) is -1.05. The first-order valence-corrected chi connectivity index (χ1v) is 7.48. The van der Waals surface area contributed by atoms with E-state index in [-0.39, 0.29) is 5.57 Å². The number of nitrogens with zero attached hydrogens (tertiary/aromatic N) is 1. The van der Waals surface area contributed by atoms with Crippen LogP contribution in [0, 0.1) is 11.5 Å². The molecule has 0 fully saturated rings. The average Bonchev–Trinajstić information content (AvgIpc) is 2.54. The molecular formula is C15H13N2O4S-. The van der Waals surface area contributed by atoms with E-state index in [9.17, 15) is 9.90 Å². The third kappa shape index (κ3) is 2.73. The maximum Gasteiger partial charge on any atom is 0.343 e. The van der Waals surface area contributed by atoms with Crippen molar-refractivity contribution in [3.8, 4) is 6.19 Å². The van der Waals surface area contributed by atoms with Gasteiger partial charge in [-0.2, -0.15) is 5.26 Å². The Bertz CT molecular complexity index is 679. The lowest BCUT2D eigenvalue weighted by atomic mass is 9.98. The molecule has 1 aromatic rings. The van der Waals surface area contributed by atoms with E-state index in [1.54, 1.807) is 42.8 Å². The van der Waals surface area contributed by atoms with Gasteiger partial charge in [-0.15, -0.1) is 11.8 Å². The summed E-state index contributed by atoms with van der Waals surface area (Å²) in [5, 5.41) is 23.3. The average molecular weight is 317 g/mol. The smallest absolute Gasteiger partial charge is 0.343 e. The summed E-state index contributed by atoms with van der Waals surface area (Å²) in [5.74, 6) is -1.62. The zero-order chi connectivity index (χ0) is 16.2. The van der Waals surface area contributed by atoms with Gasteiger partial charge in [0.05, 0.1) is 11.5 Å². The number of rotatable bonds is 4. The fourth-order valence-electron chi connectivity index (χ4n) is 2.08. The lowest BCUT2D eigenvalue weighted by Crippen LogP contribution is -2.45. The molecule has 0 aliphatic carbocycles. The molecule has 0 saturated carbocycles. The van der Waals surface area contributed by atoms with Crippen LogP contribution in [-0.4, -0.2) is 19.3 Å². The molecule has 22 heavy (non-hydrogen) atoms. The normalized spacial score (nSPS) is 23.0. The Morgan fingerprint density at radius 3 is 2.68 bits per heavy atom. The Balaban J connectivity index is 2.64. The molecule has 6 nitrogen and oxygen atoms in total. The summed E-state index contributed by atoms with van der Waals surface area (Å²) in [7, 11) is 1.19. The SMILES string of the molecule is CO/C([O-])=C1\C(=O)OC(NC#N)(c2ccccc2)C=C1SC. The highest BCUT2D eigenvalue weighted by atomic mass is 32.2. The molecule has 7 heteroatoms. The minimum atomic E-state index is -1.44. The van der Waals surface area contributed by atoms with Gasteiger partial charge in [0.1, 0.15) is 0 Å². The summed E-state index contributed by atoms with van der Waals surface area (Å²) in [6.07, 6.45) is 5.04. The molecule has 0 radical (unpaired) electrons. The van der Waals surface area contributed by atoms with Crippen molar-refractivity contribution in [3.63, 3.8) is 0 Å². The second-order valence-electron chi connectivity index (χ2n) is 4.31. The van der Waals surface area contributed by atoms with Crippen LogP contribution < -0.4 is 10.4 Å². The van der Waals surface area contributed by atoms with Crippen molar-refractivity contribution in [1.29, 1.82) is 5.26 Å². The summed E-state index contributed by atoms with van der Waals surface area (Å²) in [6.45, 7) is 0. The number of ether oxygens (including phenoxy) is 2. The molecule has 0 aromatic heterocycles. The number of esters is 1. The molecule has 1 unspecified atom stereocenters. The van der Waals surface area contributed by atoms with Crippen molar-refractivity contribution >= 4 is 17.7 Å². The molecule has 114 valence electrons. The predicted molar refractivity (Wildman–Crippen MR) is 78.6 cm³/mol.